The molecule has 0 N–H and O–H groups in total. The third-order valence-electron chi connectivity index (χ3n) is 12.2. The van der Waals surface area contributed by atoms with Gasteiger partial charge in [0.05, 0.1) is 37.6 Å². The molecule has 0 heterocycles. The molecule has 0 spiro atoms. The number of ketones is 1. The van der Waals surface area contributed by atoms with Crippen molar-refractivity contribution in [3.63, 3.8) is 0 Å². The molecule has 5 aliphatic carbocycles. The molecule has 5 aliphatic rings. The average Bonchev–Trinajstić information content (AvgIpc) is 3.20. The Morgan fingerprint density at radius 1 is 0.491 bits per heavy atom. The summed E-state index contributed by atoms with van der Waals surface area (Å²) in [5.74, 6) is 3.73. The highest BCUT2D eigenvalue weighted by atomic mass is 16.5. The van der Waals surface area contributed by atoms with Crippen molar-refractivity contribution < 1.29 is 33.2 Å². The topological polar surface area (TPSA) is 72.5 Å². The molecule has 0 bridgehead atoms. The van der Waals surface area contributed by atoms with Crippen LogP contribution in [0.3, 0.4) is 0 Å². The highest BCUT2D eigenvalue weighted by molar-refractivity contribution is 6.11. The van der Waals surface area contributed by atoms with E-state index in [4.69, 9.17) is 28.4 Å². The molecule has 53 heavy (non-hydrogen) atoms. The maximum absolute atomic E-state index is 14.8. The van der Waals surface area contributed by atoms with Gasteiger partial charge in [0.1, 0.15) is 17.1 Å². The van der Waals surface area contributed by atoms with Gasteiger partial charge >= 0.3 is 0 Å². The van der Waals surface area contributed by atoms with Crippen molar-refractivity contribution in [3.8, 4) is 34.5 Å². The number of rotatable bonds is 14. The zero-order valence-corrected chi connectivity index (χ0v) is 32.4. The maximum Gasteiger partial charge on any atom is 0.193 e. The number of benzene rings is 2. The number of ether oxygens (including phenoxy) is 6. The van der Waals surface area contributed by atoms with Crippen molar-refractivity contribution in [1.82, 2.24) is 0 Å². The molecule has 0 radical (unpaired) electrons. The van der Waals surface area contributed by atoms with Crippen LogP contribution >= 0.6 is 0 Å². The van der Waals surface area contributed by atoms with Crippen LogP contribution in [0.2, 0.25) is 0 Å². The van der Waals surface area contributed by atoms with Crippen molar-refractivity contribution >= 4 is 11.9 Å². The highest BCUT2D eigenvalue weighted by Gasteiger charge is 2.30. The third kappa shape index (κ3) is 10.5. The van der Waals surface area contributed by atoms with Gasteiger partial charge in [-0.3, -0.25) is 4.79 Å². The van der Waals surface area contributed by atoms with E-state index in [2.05, 4.69) is 0 Å². The van der Waals surface area contributed by atoms with Gasteiger partial charge in [-0.05, 0) is 159 Å². The lowest BCUT2D eigenvalue weighted by Crippen LogP contribution is -2.25. The second-order valence-electron chi connectivity index (χ2n) is 16.4. The summed E-state index contributed by atoms with van der Waals surface area (Å²) in [6.07, 6.45) is 32.1. The van der Waals surface area contributed by atoms with Crippen LogP contribution in [0.15, 0.2) is 30.3 Å². The fourth-order valence-corrected chi connectivity index (χ4v) is 9.20. The van der Waals surface area contributed by atoms with Crippen molar-refractivity contribution in [1.29, 1.82) is 0 Å². The fourth-order valence-electron chi connectivity index (χ4n) is 9.20. The van der Waals surface area contributed by atoms with E-state index in [1.807, 2.05) is 30.3 Å². The molecule has 7 heteroatoms. The van der Waals surface area contributed by atoms with E-state index in [0.717, 1.165) is 114 Å². The Morgan fingerprint density at radius 3 is 1.40 bits per heavy atom. The molecule has 0 aromatic heterocycles. The van der Waals surface area contributed by atoms with Gasteiger partial charge in [0.25, 0.3) is 0 Å². The van der Waals surface area contributed by atoms with Gasteiger partial charge in [0.2, 0.25) is 0 Å². The Kier molecular flexibility index (Phi) is 13.8. The molecule has 0 saturated heterocycles. The molecular weight excluding hydrogens is 664 g/mol. The number of carbonyl (C=O) groups excluding carboxylic acids is 1. The summed E-state index contributed by atoms with van der Waals surface area (Å²) in [6.45, 7) is 0. The maximum atomic E-state index is 14.8. The predicted octanol–water partition coefficient (Wildman–Crippen LogP) is 12.1. The minimum Gasteiger partial charge on any atom is -0.493 e. The van der Waals surface area contributed by atoms with Gasteiger partial charge in [-0.1, -0.05) is 32.1 Å². The summed E-state index contributed by atoms with van der Waals surface area (Å²) in [4.78, 5) is 14.8. The summed E-state index contributed by atoms with van der Waals surface area (Å²) in [5, 5.41) is 0. The van der Waals surface area contributed by atoms with E-state index in [9.17, 15) is 4.79 Å². The van der Waals surface area contributed by atoms with Gasteiger partial charge in [0.15, 0.2) is 28.8 Å². The van der Waals surface area contributed by atoms with Crippen LogP contribution in [0.4, 0.5) is 0 Å². The van der Waals surface area contributed by atoms with Crippen LogP contribution in [0.5, 0.6) is 34.5 Å². The average molecular weight is 729 g/mol. The summed E-state index contributed by atoms with van der Waals surface area (Å²) >= 11 is 0. The molecule has 2 aromatic rings. The number of methoxy groups -OCH3 is 1. The second kappa shape index (κ2) is 19.3. The van der Waals surface area contributed by atoms with E-state index in [-0.39, 0.29) is 36.3 Å². The fraction of sp³-hybridized carbons (Fsp3) is 0.674. The first-order chi connectivity index (χ1) is 26.1. The molecule has 290 valence electrons. The van der Waals surface area contributed by atoms with Gasteiger partial charge in [-0.2, -0.15) is 0 Å². The van der Waals surface area contributed by atoms with E-state index >= 15 is 0 Å². The molecule has 0 aliphatic heterocycles. The monoisotopic (exact) mass is 728 g/mol. The molecular formula is C46H64O7. The zero-order chi connectivity index (χ0) is 36.2. The standard InChI is InChI=1S/C46H64O7/c1-48-43-32-39(49-34-17-7-2-8-18-34)31-33(45(43)52-37-23-13-5-14-24-37)27-28-40(47)44-41(50-35-19-9-3-10-20-35)29-30-42(51-36-21-11-4-12-22-36)46(44)53-38-25-15-6-16-26-38/h27-32,34-38H,2-26H2,1H3/b28-27+. The molecule has 5 saturated carbocycles. The number of allylic oxidation sites excluding steroid dienone is 1. The predicted molar refractivity (Wildman–Crippen MR) is 210 cm³/mol. The Labute approximate surface area is 318 Å². The summed E-state index contributed by atoms with van der Waals surface area (Å²) in [7, 11) is 1.69. The van der Waals surface area contributed by atoms with Crippen LogP contribution in [-0.4, -0.2) is 43.4 Å². The van der Waals surface area contributed by atoms with Crippen LogP contribution in [0.1, 0.15) is 176 Å². The Balaban J connectivity index is 1.26. The first kappa shape index (κ1) is 37.9. The largest absolute Gasteiger partial charge is 0.493 e. The molecule has 0 unspecified atom stereocenters. The van der Waals surface area contributed by atoms with Gasteiger partial charge in [-0.25, -0.2) is 0 Å². The van der Waals surface area contributed by atoms with E-state index in [1.54, 1.807) is 13.2 Å². The third-order valence-corrected chi connectivity index (χ3v) is 12.2. The van der Waals surface area contributed by atoms with Crippen LogP contribution in [-0.2, 0) is 0 Å². The Bertz CT molecular complexity index is 1490. The first-order valence-electron chi connectivity index (χ1n) is 21.6. The second-order valence-corrected chi connectivity index (χ2v) is 16.4. The van der Waals surface area contributed by atoms with E-state index < -0.39 is 0 Å². The Hall–Kier alpha value is -3.35. The molecule has 5 fully saturated rings. The lowest BCUT2D eigenvalue weighted by Gasteiger charge is -2.30. The van der Waals surface area contributed by atoms with Crippen molar-refractivity contribution in [2.45, 2.75) is 191 Å². The van der Waals surface area contributed by atoms with Gasteiger partial charge in [-0.15, -0.1) is 0 Å². The van der Waals surface area contributed by atoms with E-state index in [0.29, 0.717) is 34.3 Å². The normalized spacial score (nSPS) is 21.7. The Morgan fingerprint density at radius 2 is 0.906 bits per heavy atom. The van der Waals surface area contributed by atoms with Crippen LogP contribution in [0, 0.1) is 0 Å². The molecule has 2 aromatic carbocycles. The molecule has 7 rings (SSSR count). The smallest absolute Gasteiger partial charge is 0.193 e. The van der Waals surface area contributed by atoms with Crippen molar-refractivity contribution in [2.24, 2.45) is 0 Å². The summed E-state index contributed by atoms with van der Waals surface area (Å²) in [5.41, 5.74) is 1.26. The first-order valence-corrected chi connectivity index (χ1v) is 21.6. The molecule has 0 amide bonds. The minimum absolute atomic E-state index is 0.0475. The van der Waals surface area contributed by atoms with Crippen LogP contribution < -0.4 is 28.4 Å². The highest BCUT2D eigenvalue weighted by Crippen LogP contribution is 2.44. The quantitative estimate of drug-likeness (QED) is 0.142. The van der Waals surface area contributed by atoms with Crippen LogP contribution in [0.25, 0.3) is 6.08 Å². The molecule has 7 nitrogen and oxygen atoms in total. The SMILES string of the molecule is COc1cc(OC2CCCCC2)cc(/C=C/C(=O)c2c(OC3CCCCC3)ccc(OC3CCCCC3)c2OC2CCCCC2)c1OC1CCCCC1. The van der Waals surface area contributed by atoms with Crippen molar-refractivity contribution in [2.75, 3.05) is 7.11 Å². The minimum atomic E-state index is -0.156. The van der Waals surface area contributed by atoms with Crippen molar-refractivity contribution in [3.05, 3.63) is 41.5 Å². The zero-order valence-electron chi connectivity index (χ0n) is 32.4. The summed E-state index contributed by atoms with van der Waals surface area (Å²) < 4.78 is 39.6. The van der Waals surface area contributed by atoms with Gasteiger partial charge in [0, 0.05) is 11.6 Å². The lowest BCUT2D eigenvalue weighted by atomic mass is 9.96. The van der Waals surface area contributed by atoms with E-state index in [1.165, 1.54) is 57.8 Å². The summed E-state index contributed by atoms with van der Waals surface area (Å²) in [6, 6.07) is 7.95. The molecule has 0 atom stereocenters. The number of hydrogen-bond acceptors (Lipinski definition) is 7. The number of carbonyl (C=O) groups is 1. The lowest BCUT2D eigenvalue weighted by molar-refractivity contribution is 0.0993. The number of hydrogen-bond donors (Lipinski definition) is 0. The van der Waals surface area contributed by atoms with Gasteiger partial charge < -0.3 is 28.4 Å².